The Labute approximate surface area is 152 Å². The van der Waals surface area contributed by atoms with Crippen LogP contribution in [0.25, 0.3) is 0 Å². The molecule has 0 fully saturated rings. The minimum atomic E-state index is -0.816. The van der Waals surface area contributed by atoms with Gasteiger partial charge >= 0.3 is 5.97 Å². The fourth-order valence-electron chi connectivity index (χ4n) is 2.56. The highest BCUT2D eigenvalue weighted by molar-refractivity contribution is 5.71. The van der Waals surface area contributed by atoms with Crippen molar-refractivity contribution in [3.05, 3.63) is 53.3 Å². The number of anilines is 2. The van der Waals surface area contributed by atoms with Crippen molar-refractivity contribution >= 4 is 17.3 Å². The van der Waals surface area contributed by atoms with E-state index >= 15 is 0 Å². The molecule has 0 radical (unpaired) electrons. The lowest BCUT2D eigenvalue weighted by Gasteiger charge is -2.10. The average molecular weight is 353 g/mol. The molecule has 0 atom stereocenters. The van der Waals surface area contributed by atoms with E-state index in [9.17, 15) is 4.79 Å². The number of nitrogens with zero attached hydrogens (tertiary/aromatic N) is 2. The van der Waals surface area contributed by atoms with Crippen LogP contribution in [-0.2, 0) is 17.6 Å². The molecule has 0 bridgehead atoms. The Morgan fingerprint density at radius 3 is 2.81 bits per heavy atom. The van der Waals surface area contributed by atoms with E-state index in [2.05, 4.69) is 15.6 Å². The number of aliphatic carboxylic acids is 1. The zero-order valence-corrected chi connectivity index (χ0v) is 14.5. The van der Waals surface area contributed by atoms with Gasteiger partial charge in [-0.05, 0) is 37.1 Å². The van der Waals surface area contributed by atoms with Gasteiger partial charge in [-0.3, -0.25) is 9.78 Å². The van der Waals surface area contributed by atoms with Crippen molar-refractivity contribution < 1.29 is 9.90 Å². The third-order valence-electron chi connectivity index (χ3n) is 3.89. The van der Waals surface area contributed by atoms with Crippen molar-refractivity contribution in [1.29, 1.82) is 5.26 Å². The minimum absolute atomic E-state index is 0.0535. The zero-order chi connectivity index (χ0) is 18.8. The van der Waals surface area contributed by atoms with Crippen LogP contribution in [0.1, 0.15) is 23.1 Å². The monoisotopic (exact) mass is 353 g/mol. The number of carbonyl (C=O) groups is 1. The van der Waals surface area contributed by atoms with Gasteiger partial charge in [0.25, 0.3) is 0 Å². The minimum Gasteiger partial charge on any atom is -0.481 e. The summed E-state index contributed by atoms with van der Waals surface area (Å²) in [6, 6.07) is 9.68. The highest BCUT2D eigenvalue weighted by Gasteiger charge is 2.04. The van der Waals surface area contributed by atoms with Crippen LogP contribution in [0.4, 0.5) is 11.4 Å². The van der Waals surface area contributed by atoms with Crippen molar-refractivity contribution in [3.63, 3.8) is 0 Å². The van der Waals surface area contributed by atoms with E-state index in [4.69, 9.17) is 16.1 Å². The van der Waals surface area contributed by atoms with Crippen LogP contribution in [0.3, 0.4) is 0 Å². The van der Waals surface area contributed by atoms with E-state index in [1.807, 2.05) is 30.3 Å². The second kappa shape index (κ2) is 10.0. The number of nitrogens with one attached hydrogen (secondary N) is 2. The van der Waals surface area contributed by atoms with Crippen molar-refractivity contribution in [3.8, 4) is 6.07 Å². The molecule has 1 heterocycles. The molecule has 0 aliphatic carbocycles. The molecule has 0 saturated heterocycles. The van der Waals surface area contributed by atoms with E-state index in [0.717, 1.165) is 43.6 Å². The predicted octanol–water partition coefficient (Wildman–Crippen LogP) is 1.80. The molecular weight excluding hydrogens is 330 g/mol. The molecular formula is C19H23N5O2. The molecule has 1 aromatic heterocycles. The van der Waals surface area contributed by atoms with Crippen LogP contribution in [0.5, 0.6) is 0 Å². The Balaban J connectivity index is 1.64. The van der Waals surface area contributed by atoms with Crippen molar-refractivity contribution in [2.75, 3.05) is 30.7 Å². The van der Waals surface area contributed by atoms with Gasteiger partial charge in [0.05, 0.1) is 29.6 Å². The number of nitriles is 1. The van der Waals surface area contributed by atoms with Gasteiger partial charge in [-0.25, -0.2) is 0 Å². The zero-order valence-electron chi connectivity index (χ0n) is 14.5. The summed E-state index contributed by atoms with van der Waals surface area (Å²) in [5, 5.41) is 24.3. The van der Waals surface area contributed by atoms with Crippen LogP contribution >= 0.6 is 0 Å². The van der Waals surface area contributed by atoms with Gasteiger partial charge in [-0.1, -0.05) is 24.3 Å². The summed E-state index contributed by atoms with van der Waals surface area (Å²) in [6.07, 6.45) is 4.87. The summed E-state index contributed by atoms with van der Waals surface area (Å²) in [5.74, 6) is -0.816. The first-order chi connectivity index (χ1) is 12.6. The SMILES string of the molecule is N#Cc1cncc(NCCCNCCc2cccc(CC(=O)O)c2)c1N. The summed E-state index contributed by atoms with van der Waals surface area (Å²) < 4.78 is 0. The molecule has 5 N–H and O–H groups in total. The van der Waals surface area contributed by atoms with E-state index < -0.39 is 5.97 Å². The molecule has 0 aliphatic rings. The number of nitrogens with two attached hydrogens (primary N) is 1. The molecule has 7 heteroatoms. The van der Waals surface area contributed by atoms with Gasteiger partial charge in [-0.15, -0.1) is 0 Å². The third-order valence-corrected chi connectivity index (χ3v) is 3.89. The first-order valence-electron chi connectivity index (χ1n) is 8.48. The van der Waals surface area contributed by atoms with E-state index in [-0.39, 0.29) is 6.42 Å². The summed E-state index contributed by atoms with van der Waals surface area (Å²) >= 11 is 0. The maximum absolute atomic E-state index is 10.8. The van der Waals surface area contributed by atoms with Crippen LogP contribution in [0.2, 0.25) is 0 Å². The summed E-state index contributed by atoms with van der Waals surface area (Å²) in [4.78, 5) is 14.7. The maximum atomic E-state index is 10.8. The lowest BCUT2D eigenvalue weighted by atomic mass is 10.1. The topological polar surface area (TPSA) is 124 Å². The third kappa shape index (κ3) is 6.07. The van der Waals surface area contributed by atoms with Crippen LogP contribution in [-0.4, -0.2) is 35.7 Å². The van der Waals surface area contributed by atoms with E-state index in [1.165, 1.54) is 6.20 Å². The number of carboxylic acids is 1. The summed E-state index contributed by atoms with van der Waals surface area (Å²) in [5.41, 5.74) is 9.32. The molecule has 7 nitrogen and oxygen atoms in total. The first kappa shape index (κ1) is 19.2. The number of aromatic nitrogens is 1. The van der Waals surface area contributed by atoms with Gasteiger partial charge in [-0.2, -0.15) is 5.26 Å². The van der Waals surface area contributed by atoms with Crippen LogP contribution < -0.4 is 16.4 Å². The lowest BCUT2D eigenvalue weighted by molar-refractivity contribution is -0.136. The predicted molar refractivity (Wildman–Crippen MR) is 101 cm³/mol. The van der Waals surface area contributed by atoms with Gasteiger partial charge in [0.15, 0.2) is 0 Å². The Kier molecular flexibility index (Phi) is 7.40. The summed E-state index contributed by atoms with van der Waals surface area (Å²) in [7, 11) is 0. The largest absolute Gasteiger partial charge is 0.481 e. The number of benzene rings is 1. The number of hydrogen-bond acceptors (Lipinski definition) is 6. The number of nitrogen functional groups attached to an aromatic ring is 1. The Bertz CT molecular complexity index is 786. The standard InChI is InChI=1S/C19H23N5O2/c20-11-16-12-23-13-17(19(16)21)24-7-2-6-22-8-5-14-3-1-4-15(9-14)10-18(25)26/h1,3-4,9,12-13,22,24H,2,5-8,10H2,(H2,21,23)(H,25,26). The lowest BCUT2D eigenvalue weighted by Crippen LogP contribution is -2.21. The molecule has 2 aromatic rings. The molecule has 0 spiro atoms. The Morgan fingerprint density at radius 1 is 1.23 bits per heavy atom. The Hall–Kier alpha value is -3.11. The number of rotatable bonds is 10. The van der Waals surface area contributed by atoms with Gasteiger partial charge in [0, 0.05) is 12.7 Å². The molecule has 0 amide bonds. The van der Waals surface area contributed by atoms with Gasteiger partial charge in [0.1, 0.15) is 6.07 Å². The second-order valence-electron chi connectivity index (χ2n) is 5.93. The van der Waals surface area contributed by atoms with Gasteiger partial charge < -0.3 is 21.5 Å². The summed E-state index contributed by atoms with van der Waals surface area (Å²) in [6.45, 7) is 2.39. The van der Waals surface area contributed by atoms with Crippen LogP contribution in [0.15, 0.2) is 36.7 Å². The number of hydrogen-bond donors (Lipinski definition) is 4. The normalized spacial score (nSPS) is 10.3. The van der Waals surface area contributed by atoms with E-state index in [1.54, 1.807) is 6.20 Å². The average Bonchev–Trinajstić information content (AvgIpc) is 2.62. The fraction of sp³-hybridized carbons (Fsp3) is 0.316. The number of carboxylic acid groups (broad SMARTS) is 1. The molecule has 2 rings (SSSR count). The fourth-order valence-corrected chi connectivity index (χ4v) is 2.56. The Morgan fingerprint density at radius 2 is 2.04 bits per heavy atom. The van der Waals surface area contributed by atoms with Crippen molar-refractivity contribution in [2.24, 2.45) is 0 Å². The molecule has 1 aromatic carbocycles. The van der Waals surface area contributed by atoms with Crippen molar-refractivity contribution in [1.82, 2.24) is 10.3 Å². The molecule has 136 valence electrons. The maximum Gasteiger partial charge on any atom is 0.307 e. The quantitative estimate of drug-likeness (QED) is 0.480. The molecule has 0 unspecified atom stereocenters. The highest BCUT2D eigenvalue weighted by atomic mass is 16.4. The first-order valence-corrected chi connectivity index (χ1v) is 8.48. The van der Waals surface area contributed by atoms with E-state index in [0.29, 0.717) is 16.9 Å². The van der Waals surface area contributed by atoms with Crippen LogP contribution in [0, 0.1) is 11.3 Å². The smallest absolute Gasteiger partial charge is 0.307 e. The molecule has 0 aliphatic heterocycles. The number of pyridine rings is 1. The van der Waals surface area contributed by atoms with Crippen molar-refractivity contribution in [2.45, 2.75) is 19.3 Å². The second-order valence-corrected chi connectivity index (χ2v) is 5.93. The molecule has 0 saturated carbocycles. The molecule has 26 heavy (non-hydrogen) atoms. The van der Waals surface area contributed by atoms with Gasteiger partial charge in [0.2, 0.25) is 0 Å². The highest BCUT2D eigenvalue weighted by Crippen LogP contribution is 2.19.